The maximum Gasteiger partial charge on any atom is 0.404 e. The molecule has 0 bridgehead atoms. The van der Waals surface area contributed by atoms with Crippen molar-refractivity contribution in [2.45, 2.75) is 36.8 Å². The molecule has 0 atom stereocenters. The van der Waals surface area contributed by atoms with Gasteiger partial charge in [-0.1, -0.05) is 0 Å². The van der Waals surface area contributed by atoms with Gasteiger partial charge in [0.1, 0.15) is 4.21 Å². The van der Waals surface area contributed by atoms with Crippen LogP contribution in [-0.4, -0.2) is 37.7 Å². The first-order valence-electron chi connectivity index (χ1n) is 8.82. The van der Waals surface area contributed by atoms with E-state index in [0.29, 0.717) is 29.1 Å². The fourth-order valence-electron chi connectivity index (χ4n) is 3.25. The Labute approximate surface area is 166 Å². The van der Waals surface area contributed by atoms with Crippen LogP contribution in [0.25, 0.3) is 10.6 Å². The summed E-state index contributed by atoms with van der Waals surface area (Å²) in [5, 5.41) is 14.0. The average molecular weight is 430 g/mol. The van der Waals surface area contributed by atoms with E-state index in [4.69, 9.17) is 5.11 Å². The number of carboxylic acid groups (broad SMARTS) is 1. The Morgan fingerprint density at radius 1 is 1.22 bits per heavy atom. The van der Waals surface area contributed by atoms with Gasteiger partial charge in [0.15, 0.2) is 0 Å². The van der Waals surface area contributed by atoms with Gasteiger partial charge >= 0.3 is 6.09 Å². The molecular formula is C17H23N3O4S3. The van der Waals surface area contributed by atoms with E-state index in [2.05, 4.69) is 15.0 Å². The van der Waals surface area contributed by atoms with Crippen LogP contribution in [-0.2, 0) is 10.0 Å². The molecule has 2 aromatic rings. The largest absolute Gasteiger partial charge is 0.465 e. The summed E-state index contributed by atoms with van der Waals surface area (Å²) in [5.74, 6) is 0.636. The lowest BCUT2D eigenvalue weighted by Gasteiger charge is -2.28. The Bertz CT molecular complexity index is 883. The van der Waals surface area contributed by atoms with Gasteiger partial charge in [0.25, 0.3) is 0 Å². The van der Waals surface area contributed by atoms with E-state index >= 15 is 0 Å². The summed E-state index contributed by atoms with van der Waals surface area (Å²) in [6.07, 6.45) is 2.65. The number of nitrogens with one attached hydrogen (secondary N) is 2. The van der Waals surface area contributed by atoms with Gasteiger partial charge in [-0.2, -0.15) is 0 Å². The second-order valence-corrected chi connectivity index (χ2v) is 10.9. The number of aromatic nitrogens is 1. The lowest BCUT2D eigenvalue weighted by atomic mass is 9.82. The number of thiophene rings is 1. The molecule has 10 heteroatoms. The molecule has 0 aromatic carbocycles. The number of aryl methyl sites for hydroxylation is 1. The zero-order chi connectivity index (χ0) is 19.4. The third-order valence-electron chi connectivity index (χ3n) is 4.79. The van der Waals surface area contributed by atoms with Crippen LogP contribution in [0.4, 0.5) is 4.79 Å². The molecule has 3 N–H and O–H groups in total. The molecule has 148 valence electrons. The molecule has 0 spiro atoms. The molecular weight excluding hydrogens is 406 g/mol. The molecule has 3 rings (SSSR count). The topological polar surface area (TPSA) is 108 Å². The Kier molecular flexibility index (Phi) is 6.51. The van der Waals surface area contributed by atoms with Gasteiger partial charge in [-0.15, -0.1) is 22.7 Å². The van der Waals surface area contributed by atoms with Crippen molar-refractivity contribution in [1.82, 2.24) is 15.0 Å². The van der Waals surface area contributed by atoms with Gasteiger partial charge in [-0.3, -0.25) is 0 Å². The van der Waals surface area contributed by atoms with E-state index < -0.39 is 16.1 Å². The van der Waals surface area contributed by atoms with E-state index in [1.807, 2.05) is 12.3 Å². The fourth-order valence-corrected chi connectivity index (χ4v) is 6.36. The van der Waals surface area contributed by atoms with Crippen LogP contribution in [0.5, 0.6) is 0 Å². The Balaban J connectivity index is 1.51. The zero-order valence-corrected chi connectivity index (χ0v) is 17.4. The van der Waals surface area contributed by atoms with Crippen LogP contribution in [0.3, 0.4) is 0 Å². The number of thiazole rings is 1. The molecule has 1 saturated carbocycles. The Morgan fingerprint density at radius 3 is 2.48 bits per heavy atom. The highest BCUT2D eigenvalue weighted by Crippen LogP contribution is 2.32. The van der Waals surface area contributed by atoms with Crippen LogP contribution in [0.2, 0.25) is 0 Å². The molecule has 0 aliphatic heterocycles. The number of rotatable bonds is 7. The van der Waals surface area contributed by atoms with E-state index in [1.54, 1.807) is 23.5 Å². The number of sulfonamides is 1. The van der Waals surface area contributed by atoms with Crippen molar-refractivity contribution in [3.63, 3.8) is 0 Å². The second kappa shape index (κ2) is 8.68. The van der Waals surface area contributed by atoms with Crippen molar-refractivity contribution in [3.05, 3.63) is 22.5 Å². The molecule has 2 heterocycles. The fraction of sp³-hybridized carbons (Fsp3) is 0.529. The lowest BCUT2D eigenvalue weighted by molar-refractivity contribution is 0.188. The SMILES string of the molecule is Cc1nc(-c2ccc(S(=O)(=O)NCC3CCC(CNC(=O)O)CC3)s2)cs1. The summed E-state index contributed by atoms with van der Waals surface area (Å²) in [5.41, 5.74) is 0.817. The second-order valence-electron chi connectivity index (χ2n) is 6.80. The molecule has 27 heavy (non-hydrogen) atoms. The van der Waals surface area contributed by atoms with E-state index in [1.165, 1.54) is 11.3 Å². The van der Waals surface area contributed by atoms with Crippen molar-refractivity contribution < 1.29 is 18.3 Å². The normalized spacial score (nSPS) is 20.5. The summed E-state index contributed by atoms with van der Waals surface area (Å²) < 4.78 is 28.2. The summed E-state index contributed by atoms with van der Waals surface area (Å²) in [6.45, 7) is 2.82. The van der Waals surface area contributed by atoms with Gasteiger partial charge < -0.3 is 10.4 Å². The van der Waals surface area contributed by atoms with Crippen molar-refractivity contribution in [2.24, 2.45) is 11.8 Å². The first-order chi connectivity index (χ1) is 12.8. The summed E-state index contributed by atoms with van der Waals surface area (Å²) in [4.78, 5) is 15.8. The van der Waals surface area contributed by atoms with Crippen LogP contribution in [0.1, 0.15) is 30.7 Å². The molecule has 0 radical (unpaired) electrons. The Morgan fingerprint density at radius 2 is 1.89 bits per heavy atom. The third-order valence-corrected chi connectivity index (χ3v) is 8.58. The van der Waals surface area contributed by atoms with Gasteiger partial charge in [0, 0.05) is 18.5 Å². The molecule has 7 nitrogen and oxygen atoms in total. The third kappa shape index (κ3) is 5.50. The quantitative estimate of drug-likeness (QED) is 0.624. The monoisotopic (exact) mass is 429 g/mol. The van der Waals surface area contributed by atoms with Crippen molar-refractivity contribution in [1.29, 1.82) is 0 Å². The molecule has 0 saturated heterocycles. The van der Waals surface area contributed by atoms with Crippen LogP contribution in [0.15, 0.2) is 21.7 Å². The minimum Gasteiger partial charge on any atom is -0.465 e. The molecule has 1 fully saturated rings. The van der Waals surface area contributed by atoms with Gasteiger partial charge in [-0.25, -0.2) is 22.9 Å². The lowest BCUT2D eigenvalue weighted by Crippen LogP contribution is -2.34. The molecule has 1 aliphatic rings. The zero-order valence-electron chi connectivity index (χ0n) is 15.0. The number of nitrogens with zero attached hydrogens (tertiary/aromatic N) is 1. The first-order valence-corrected chi connectivity index (χ1v) is 12.0. The molecule has 1 amide bonds. The van der Waals surface area contributed by atoms with Gasteiger partial charge in [-0.05, 0) is 56.6 Å². The first kappa shape index (κ1) is 20.2. The number of carbonyl (C=O) groups is 1. The van der Waals surface area contributed by atoms with Gasteiger partial charge in [0.05, 0.1) is 15.6 Å². The highest BCUT2D eigenvalue weighted by molar-refractivity contribution is 7.91. The van der Waals surface area contributed by atoms with Crippen molar-refractivity contribution in [3.8, 4) is 10.6 Å². The van der Waals surface area contributed by atoms with E-state index in [9.17, 15) is 13.2 Å². The summed E-state index contributed by atoms with van der Waals surface area (Å²) in [6, 6.07) is 3.43. The maximum atomic E-state index is 12.6. The van der Waals surface area contributed by atoms with Crippen LogP contribution in [0, 0.1) is 18.8 Å². The van der Waals surface area contributed by atoms with E-state index in [0.717, 1.165) is 41.3 Å². The standard InChI is InChI=1S/C17H23N3O4S3/c1-11-20-14(10-25-11)15-6-7-16(26-15)27(23,24)19-9-13-4-2-12(3-5-13)8-18-17(21)22/h6-7,10,12-13,18-19H,2-5,8-9H2,1H3,(H,21,22). The summed E-state index contributed by atoms with van der Waals surface area (Å²) >= 11 is 2.78. The minimum absolute atomic E-state index is 0.293. The van der Waals surface area contributed by atoms with Crippen molar-refractivity contribution >= 4 is 38.8 Å². The van der Waals surface area contributed by atoms with Crippen LogP contribution < -0.4 is 10.0 Å². The van der Waals surface area contributed by atoms with Crippen molar-refractivity contribution in [2.75, 3.05) is 13.1 Å². The van der Waals surface area contributed by atoms with Gasteiger partial charge in [0.2, 0.25) is 10.0 Å². The highest BCUT2D eigenvalue weighted by atomic mass is 32.2. The minimum atomic E-state index is -3.52. The number of hydrogen-bond donors (Lipinski definition) is 3. The van der Waals surface area contributed by atoms with E-state index in [-0.39, 0.29) is 0 Å². The highest BCUT2D eigenvalue weighted by Gasteiger charge is 2.24. The molecule has 2 aromatic heterocycles. The average Bonchev–Trinajstić information content (AvgIpc) is 3.28. The molecule has 1 aliphatic carbocycles. The van der Waals surface area contributed by atoms with Crippen LogP contribution >= 0.6 is 22.7 Å². The predicted octanol–water partition coefficient (Wildman–Crippen LogP) is 3.53. The molecule has 0 unspecified atom stereocenters. The Hall–Kier alpha value is -1.49. The smallest absolute Gasteiger partial charge is 0.404 e. The number of amides is 1. The summed E-state index contributed by atoms with van der Waals surface area (Å²) in [7, 11) is -3.52. The number of hydrogen-bond acceptors (Lipinski definition) is 6. The predicted molar refractivity (Wildman–Crippen MR) is 107 cm³/mol. The maximum absolute atomic E-state index is 12.6.